The average Bonchev–Trinajstić information content (AvgIpc) is 1.35. The van der Waals surface area contributed by atoms with Crippen molar-refractivity contribution in [2.75, 3.05) is 11.6 Å². The molecule has 0 N–H and O–H groups in total. The minimum Gasteiger partial charge on any atom is -0.169 e. The van der Waals surface area contributed by atoms with Crippen molar-refractivity contribution < 1.29 is 0 Å². The highest BCUT2D eigenvalue weighted by atomic mass is 32.2. The molecule has 2 heteroatoms. The third-order valence-corrected chi connectivity index (χ3v) is 4.50. The fourth-order valence-electron chi connectivity index (χ4n) is 0.333. The summed E-state index contributed by atoms with van der Waals surface area (Å²) in [7, 11) is -0.208. The average molecular weight is 120 g/mol. The Balaban J connectivity index is 2.63. The van der Waals surface area contributed by atoms with Gasteiger partial charge in [0.25, 0.3) is 0 Å². The van der Waals surface area contributed by atoms with E-state index in [9.17, 15) is 0 Å². The van der Waals surface area contributed by atoms with E-state index in [1.165, 1.54) is 5.38 Å². The maximum Gasteiger partial charge on any atom is 0.0418 e. The molecular formula is C4H12SSi. The van der Waals surface area contributed by atoms with Gasteiger partial charge in [-0.3, -0.25) is 0 Å². The first-order valence-electron chi connectivity index (χ1n) is 2.26. The van der Waals surface area contributed by atoms with Crippen LogP contribution in [-0.2, 0) is 0 Å². The molecule has 0 aromatic carbocycles. The van der Waals surface area contributed by atoms with E-state index in [2.05, 4.69) is 19.3 Å². The Morgan fingerprint density at radius 3 is 2.00 bits per heavy atom. The van der Waals surface area contributed by atoms with Crippen molar-refractivity contribution in [3.8, 4) is 0 Å². The first kappa shape index (κ1) is 6.57. The molecule has 0 fully saturated rings. The molecule has 0 aromatic heterocycles. The van der Waals surface area contributed by atoms with Crippen LogP contribution in [0.15, 0.2) is 0 Å². The summed E-state index contributed by atoms with van der Waals surface area (Å²) in [5, 5.41) is 1.43. The topological polar surface area (TPSA) is 0 Å². The van der Waals surface area contributed by atoms with Gasteiger partial charge in [-0.05, 0) is 11.6 Å². The highest BCUT2D eigenvalue weighted by Crippen LogP contribution is 1.93. The van der Waals surface area contributed by atoms with Crippen molar-refractivity contribution in [2.45, 2.75) is 13.1 Å². The molecular weight excluding hydrogens is 108 g/mol. The largest absolute Gasteiger partial charge is 0.169 e. The fraction of sp³-hybridized carbons (Fsp3) is 1.00. The lowest BCUT2D eigenvalue weighted by atomic mass is 11.8. The lowest BCUT2D eigenvalue weighted by molar-refractivity contribution is 1.86. The summed E-state index contributed by atoms with van der Waals surface area (Å²) in [6.07, 6.45) is 2.17. The zero-order chi connectivity index (χ0) is 4.99. The Kier molecular flexibility index (Phi) is 4.10. The maximum atomic E-state index is 2.37. The summed E-state index contributed by atoms with van der Waals surface area (Å²) < 4.78 is 0. The molecule has 0 aliphatic heterocycles. The number of rotatable bonds is 2. The van der Waals surface area contributed by atoms with Crippen LogP contribution in [0.2, 0.25) is 13.1 Å². The molecule has 38 valence electrons. The van der Waals surface area contributed by atoms with E-state index in [-0.39, 0.29) is 8.80 Å². The summed E-state index contributed by atoms with van der Waals surface area (Å²) in [4.78, 5) is 0. The zero-order valence-electron chi connectivity index (χ0n) is 4.69. The molecule has 0 spiro atoms. The molecule has 0 saturated heterocycles. The van der Waals surface area contributed by atoms with Gasteiger partial charge >= 0.3 is 0 Å². The third-order valence-electron chi connectivity index (χ3n) is 0.500. The first-order valence-corrected chi connectivity index (χ1v) is 6.78. The van der Waals surface area contributed by atoms with Gasteiger partial charge in [-0.1, -0.05) is 13.1 Å². The first-order chi connectivity index (χ1) is 2.77. The van der Waals surface area contributed by atoms with Gasteiger partial charge in [-0.25, -0.2) is 0 Å². The minimum atomic E-state index is -0.208. The van der Waals surface area contributed by atoms with Crippen molar-refractivity contribution in [2.24, 2.45) is 0 Å². The Morgan fingerprint density at radius 2 is 2.00 bits per heavy atom. The molecule has 6 heavy (non-hydrogen) atoms. The highest BCUT2D eigenvalue weighted by molar-refractivity contribution is 7.99. The molecule has 0 nitrogen and oxygen atoms in total. The van der Waals surface area contributed by atoms with Crippen molar-refractivity contribution in [3.63, 3.8) is 0 Å². The monoisotopic (exact) mass is 120 g/mol. The highest BCUT2D eigenvalue weighted by Gasteiger charge is 1.88. The van der Waals surface area contributed by atoms with Crippen molar-refractivity contribution in [3.05, 3.63) is 0 Å². The normalized spacial score (nSPS) is 10.0. The van der Waals surface area contributed by atoms with Gasteiger partial charge in [0.15, 0.2) is 0 Å². The SMILES string of the molecule is CSC[SiH](C)C. The Hall–Kier alpha value is 0.567. The van der Waals surface area contributed by atoms with Gasteiger partial charge in [-0.2, -0.15) is 11.8 Å². The molecule has 0 heterocycles. The molecule has 0 amide bonds. The second-order valence-electron chi connectivity index (χ2n) is 1.85. The molecule has 0 radical (unpaired) electrons. The Bertz CT molecular complexity index is 28.7. The van der Waals surface area contributed by atoms with Crippen LogP contribution in [0.5, 0.6) is 0 Å². The summed E-state index contributed by atoms with van der Waals surface area (Å²) in [5.74, 6) is 0. The van der Waals surface area contributed by atoms with Crippen LogP contribution in [-0.4, -0.2) is 20.4 Å². The third kappa shape index (κ3) is 4.57. The fourth-order valence-corrected chi connectivity index (χ4v) is 3.00. The molecule has 0 aliphatic carbocycles. The minimum absolute atomic E-state index is 0.208. The summed E-state index contributed by atoms with van der Waals surface area (Å²) in [6, 6.07) is 0. The van der Waals surface area contributed by atoms with Gasteiger partial charge < -0.3 is 0 Å². The molecule has 0 rings (SSSR count). The van der Waals surface area contributed by atoms with Gasteiger partial charge in [0, 0.05) is 8.80 Å². The van der Waals surface area contributed by atoms with Crippen LogP contribution in [0.1, 0.15) is 0 Å². The molecule has 0 bridgehead atoms. The molecule has 0 aliphatic rings. The molecule has 0 atom stereocenters. The second-order valence-corrected chi connectivity index (χ2v) is 6.55. The van der Waals surface area contributed by atoms with Gasteiger partial charge in [0.2, 0.25) is 0 Å². The van der Waals surface area contributed by atoms with Crippen molar-refractivity contribution >= 4 is 20.6 Å². The van der Waals surface area contributed by atoms with E-state index in [4.69, 9.17) is 0 Å². The van der Waals surface area contributed by atoms with E-state index in [1.807, 2.05) is 11.8 Å². The predicted molar refractivity (Wildman–Crippen MR) is 37.3 cm³/mol. The van der Waals surface area contributed by atoms with Crippen molar-refractivity contribution in [1.82, 2.24) is 0 Å². The quantitative estimate of drug-likeness (QED) is 0.496. The molecule has 0 saturated carbocycles. The van der Waals surface area contributed by atoms with Crippen LogP contribution >= 0.6 is 11.8 Å². The van der Waals surface area contributed by atoms with E-state index in [0.29, 0.717) is 0 Å². The van der Waals surface area contributed by atoms with Gasteiger partial charge in [-0.15, -0.1) is 0 Å². The summed E-state index contributed by atoms with van der Waals surface area (Å²) in [6.45, 7) is 4.74. The van der Waals surface area contributed by atoms with Crippen LogP contribution in [0.25, 0.3) is 0 Å². The number of hydrogen-bond acceptors (Lipinski definition) is 1. The lowest BCUT2D eigenvalue weighted by Crippen LogP contribution is -2.02. The van der Waals surface area contributed by atoms with Crippen LogP contribution in [0.3, 0.4) is 0 Å². The van der Waals surface area contributed by atoms with E-state index in [0.717, 1.165) is 0 Å². The molecule has 0 unspecified atom stereocenters. The van der Waals surface area contributed by atoms with E-state index < -0.39 is 0 Å². The summed E-state index contributed by atoms with van der Waals surface area (Å²) >= 11 is 1.97. The lowest BCUT2D eigenvalue weighted by Gasteiger charge is -1.93. The van der Waals surface area contributed by atoms with Crippen LogP contribution in [0, 0.1) is 0 Å². The Morgan fingerprint density at radius 1 is 1.50 bits per heavy atom. The van der Waals surface area contributed by atoms with E-state index in [1.54, 1.807) is 0 Å². The van der Waals surface area contributed by atoms with E-state index >= 15 is 0 Å². The second kappa shape index (κ2) is 3.75. The van der Waals surface area contributed by atoms with Gasteiger partial charge in [0.1, 0.15) is 0 Å². The summed E-state index contributed by atoms with van der Waals surface area (Å²) in [5.41, 5.74) is 0. The van der Waals surface area contributed by atoms with Crippen molar-refractivity contribution in [1.29, 1.82) is 0 Å². The molecule has 0 aromatic rings. The number of hydrogen-bond donors (Lipinski definition) is 0. The van der Waals surface area contributed by atoms with Gasteiger partial charge in [0.05, 0.1) is 0 Å². The predicted octanol–water partition coefficient (Wildman–Crippen LogP) is 1.38. The maximum absolute atomic E-state index is 2.37. The Labute approximate surface area is 45.9 Å². The smallest absolute Gasteiger partial charge is 0.0418 e. The standard InChI is InChI=1S/C4H12SSi/c1-5-4-6(2)3/h6H,4H2,1-3H3. The zero-order valence-corrected chi connectivity index (χ0v) is 6.66. The van der Waals surface area contributed by atoms with Crippen LogP contribution in [0.4, 0.5) is 0 Å². The number of thioether (sulfide) groups is 1. The van der Waals surface area contributed by atoms with Crippen LogP contribution < -0.4 is 0 Å².